The monoisotopic (exact) mass is 320 g/mol. The third-order valence-electron chi connectivity index (χ3n) is 2.72. The van der Waals surface area contributed by atoms with Crippen molar-refractivity contribution in [3.05, 3.63) is 33.7 Å². The Morgan fingerprint density at radius 2 is 1.90 bits per heavy atom. The summed E-state index contributed by atoms with van der Waals surface area (Å²) in [6, 6.07) is 0. The summed E-state index contributed by atoms with van der Waals surface area (Å²) in [5, 5.41) is 0. The van der Waals surface area contributed by atoms with E-state index in [1.165, 1.54) is 0 Å². The molecule has 0 spiro atoms. The Labute approximate surface area is 124 Å². The Morgan fingerprint density at radius 3 is 2.38 bits per heavy atom. The molecule has 0 fully saturated rings. The molecule has 0 amide bonds. The average molecular weight is 320 g/mol. The molecule has 0 aliphatic heterocycles. The molecule has 7 nitrogen and oxygen atoms in total. The topological polar surface area (TPSA) is 80.3 Å². The van der Waals surface area contributed by atoms with Crippen molar-refractivity contribution in [2.75, 3.05) is 27.0 Å². The minimum absolute atomic E-state index is 0.131. The van der Waals surface area contributed by atoms with Crippen LogP contribution >= 0.6 is 8.38 Å². The number of hydrogen-bond acceptors (Lipinski definition) is 7. The normalized spacial score (nSPS) is 13.8. The second-order valence-corrected chi connectivity index (χ2v) is 5.83. The second-order valence-electron chi connectivity index (χ2n) is 4.02. The molecule has 1 rings (SSSR count). The highest BCUT2D eigenvalue weighted by Gasteiger charge is 2.15. The van der Waals surface area contributed by atoms with Gasteiger partial charge in [-0.25, -0.2) is 4.79 Å². The van der Waals surface area contributed by atoms with E-state index in [9.17, 15) is 4.79 Å². The van der Waals surface area contributed by atoms with Gasteiger partial charge in [-0.2, -0.15) is 0 Å². The highest BCUT2D eigenvalue weighted by molar-refractivity contribution is 7.47. The van der Waals surface area contributed by atoms with Gasteiger partial charge in [0.1, 0.15) is 24.7 Å². The number of rotatable bonds is 9. The molecule has 0 radical (unpaired) electrons. The summed E-state index contributed by atoms with van der Waals surface area (Å²) in [6.07, 6.45) is 0.694. The fraction of sp³-hybridized carbons (Fsp3) is 0.615. The third kappa shape index (κ3) is 5.53. The van der Waals surface area contributed by atoms with E-state index in [0.717, 1.165) is 0 Å². The van der Waals surface area contributed by atoms with Gasteiger partial charge in [-0.05, 0) is 13.8 Å². The summed E-state index contributed by atoms with van der Waals surface area (Å²) in [5.41, 5.74) is 0. The van der Waals surface area contributed by atoms with E-state index in [1.54, 1.807) is 28.1 Å². The molecule has 120 valence electrons. The molecule has 1 aromatic heterocycles. The van der Waals surface area contributed by atoms with E-state index in [2.05, 4.69) is 0 Å². The first-order chi connectivity index (χ1) is 10.0. The van der Waals surface area contributed by atoms with E-state index in [-0.39, 0.29) is 13.2 Å². The van der Waals surface area contributed by atoms with E-state index in [4.69, 9.17) is 27.4 Å². The first-order valence-corrected chi connectivity index (χ1v) is 7.78. The van der Waals surface area contributed by atoms with Crippen LogP contribution in [0.25, 0.3) is 0 Å². The molecule has 8 heteroatoms. The molecule has 1 atom stereocenters. The SMILES string of the molecule is CCP(OC/C(OC)=C(\C)OC)OCc1oc(=O)oc1C. The predicted molar refractivity (Wildman–Crippen MR) is 76.9 cm³/mol. The molecule has 0 bridgehead atoms. The van der Waals surface area contributed by atoms with Crippen LogP contribution in [0.15, 0.2) is 25.1 Å². The average Bonchev–Trinajstić information content (AvgIpc) is 2.80. The van der Waals surface area contributed by atoms with Crippen molar-refractivity contribution in [3.8, 4) is 0 Å². The standard InChI is InChI=1S/C13H21O7P/c1-6-21(17-7-11(16-5)9(2)15-4)18-8-12-10(3)19-13(14)20-12/h6-8H2,1-5H3/b11-9-. The summed E-state index contributed by atoms with van der Waals surface area (Å²) in [5.74, 6) is 1.32. The maximum absolute atomic E-state index is 10.9. The van der Waals surface area contributed by atoms with Gasteiger partial charge in [0.15, 0.2) is 19.9 Å². The van der Waals surface area contributed by atoms with Crippen LogP contribution < -0.4 is 5.82 Å². The highest BCUT2D eigenvalue weighted by atomic mass is 31.2. The molecule has 0 aliphatic carbocycles. The van der Waals surface area contributed by atoms with Crippen molar-refractivity contribution >= 4 is 8.38 Å². The van der Waals surface area contributed by atoms with Crippen LogP contribution in [0.3, 0.4) is 0 Å². The maximum Gasteiger partial charge on any atom is 0.519 e. The van der Waals surface area contributed by atoms with Gasteiger partial charge in [0.05, 0.1) is 14.2 Å². The van der Waals surface area contributed by atoms with E-state index >= 15 is 0 Å². The van der Waals surface area contributed by atoms with E-state index in [1.807, 2.05) is 6.92 Å². The lowest BCUT2D eigenvalue weighted by molar-refractivity contribution is 0.169. The zero-order valence-electron chi connectivity index (χ0n) is 12.9. The Hall–Kier alpha value is -1.30. The fourth-order valence-electron chi connectivity index (χ4n) is 1.41. The van der Waals surface area contributed by atoms with Gasteiger partial charge >= 0.3 is 5.82 Å². The van der Waals surface area contributed by atoms with Crippen LogP contribution in [-0.4, -0.2) is 27.0 Å². The maximum atomic E-state index is 10.9. The predicted octanol–water partition coefficient (Wildman–Crippen LogP) is 2.93. The Kier molecular flexibility index (Phi) is 7.50. The molecule has 1 heterocycles. The Balaban J connectivity index is 2.52. The highest BCUT2D eigenvalue weighted by Crippen LogP contribution is 2.39. The minimum atomic E-state index is -1.13. The van der Waals surface area contributed by atoms with Crippen LogP contribution in [0.2, 0.25) is 0 Å². The van der Waals surface area contributed by atoms with Crippen LogP contribution in [0.4, 0.5) is 0 Å². The van der Waals surface area contributed by atoms with E-state index < -0.39 is 14.2 Å². The zero-order chi connectivity index (χ0) is 15.8. The van der Waals surface area contributed by atoms with Crippen LogP contribution in [0.5, 0.6) is 0 Å². The molecular formula is C13H21O7P. The van der Waals surface area contributed by atoms with Gasteiger partial charge < -0.3 is 27.4 Å². The Morgan fingerprint density at radius 1 is 1.19 bits per heavy atom. The largest absolute Gasteiger partial charge is 0.519 e. The second kappa shape index (κ2) is 8.87. The van der Waals surface area contributed by atoms with Gasteiger partial charge in [0.25, 0.3) is 0 Å². The summed E-state index contributed by atoms with van der Waals surface area (Å²) >= 11 is 0. The lowest BCUT2D eigenvalue weighted by Crippen LogP contribution is -2.03. The summed E-state index contributed by atoms with van der Waals surface area (Å²) in [7, 11) is 2.00. The summed E-state index contributed by atoms with van der Waals surface area (Å²) in [4.78, 5) is 10.9. The lowest BCUT2D eigenvalue weighted by Gasteiger charge is -2.17. The molecule has 0 aromatic carbocycles. The van der Waals surface area contributed by atoms with Crippen molar-refractivity contribution in [2.24, 2.45) is 0 Å². The molecule has 1 unspecified atom stereocenters. The first kappa shape index (κ1) is 17.8. The molecule has 0 aliphatic rings. The van der Waals surface area contributed by atoms with Gasteiger partial charge in [0.2, 0.25) is 0 Å². The molecule has 0 saturated heterocycles. The number of methoxy groups -OCH3 is 2. The zero-order valence-corrected chi connectivity index (χ0v) is 13.8. The number of allylic oxidation sites excluding steroid dienone is 1. The van der Waals surface area contributed by atoms with Crippen molar-refractivity contribution in [1.29, 1.82) is 0 Å². The van der Waals surface area contributed by atoms with Gasteiger partial charge in [-0.1, -0.05) is 6.92 Å². The molecule has 0 saturated carbocycles. The molecule has 21 heavy (non-hydrogen) atoms. The van der Waals surface area contributed by atoms with Crippen LogP contribution in [0.1, 0.15) is 25.4 Å². The fourth-order valence-corrected chi connectivity index (χ4v) is 2.37. The molecule has 1 aromatic rings. The van der Waals surface area contributed by atoms with Crippen molar-refractivity contribution < 1.29 is 27.4 Å². The van der Waals surface area contributed by atoms with Gasteiger partial charge in [-0.15, -0.1) is 0 Å². The number of aryl methyl sites for hydroxylation is 1. The quantitative estimate of drug-likeness (QED) is 0.511. The van der Waals surface area contributed by atoms with Gasteiger partial charge in [0, 0.05) is 6.16 Å². The first-order valence-electron chi connectivity index (χ1n) is 6.42. The van der Waals surface area contributed by atoms with Crippen LogP contribution in [-0.2, 0) is 25.1 Å². The van der Waals surface area contributed by atoms with E-state index in [0.29, 0.717) is 29.2 Å². The lowest BCUT2D eigenvalue weighted by atomic mass is 10.4. The van der Waals surface area contributed by atoms with Crippen molar-refractivity contribution in [3.63, 3.8) is 0 Å². The van der Waals surface area contributed by atoms with Crippen molar-refractivity contribution in [2.45, 2.75) is 27.4 Å². The van der Waals surface area contributed by atoms with Crippen LogP contribution in [0, 0.1) is 6.92 Å². The summed E-state index contributed by atoms with van der Waals surface area (Å²) in [6.45, 7) is 5.77. The number of ether oxygens (including phenoxy) is 2. The summed E-state index contributed by atoms with van der Waals surface area (Å²) < 4.78 is 31.2. The molecular weight excluding hydrogens is 299 g/mol. The smallest absolute Gasteiger partial charge is 0.498 e. The third-order valence-corrected chi connectivity index (χ3v) is 4.07. The molecule has 0 N–H and O–H groups in total. The minimum Gasteiger partial charge on any atom is -0.498 e. The number of hydrogen-bond donors (Lipinski definition) is 0. The van der Waals surface area contributed by atoms with Gasteiger partial charge in [-0.3, -0.25) is 0 Å². The Bertz CT molecular complexity index is 517. The van der Waals surface area contributed by atoms with Crippen molar-refractivity contribution in [1.82, 2.24) is 0 Å².